The molecule has 0 fully saturated rings. The highest BCUT2D eigenvalue weighted by Gasteiger charge is 2.17. The molecule has 0 saturated carbocycles. The van der Waals surface area contributed by atoms with Crippen molar-refractivity contribution >= 4 is 11.4 Å². The summed E-state index contributed by atoms with van der Waals surface area (Å²) >= 11 is 0. The van der Waals surface area contributed by atoms with Crippen LogP contribution in [0.2, 0.25) is 0 Å². The number of rotatable bonds is 10. The number of nitrogens with zero attached hydrogens (tertiary/aromatic N) is 1. The fourth-order valence-corrected chi connectivity index (χ4v) is 2.48. The predicted molar refractivity (Wildman–Crippen MR) is 113 cm³/mol. The van der Waals surface area contributed by atoms with Gasteiger partial charge in [-0.3, -0.25) is 4.90 Å². The molecular formula is C24H29NO2. The van der Waals surface area contributed by atoms with Gasteiger partial charge in [0.05, 0.1) is 30.2 Å². The monoisotopic (exact) mass is 363 g/mol. The van der Waals surface area contributed by atoms with Crippen LogP contribution < -0.4 is 4.90 Å². The van der Waals surface area contributed by atoms with Gasteiger partial charge in [0.1, 0.15) is 6.61 Å². The van der Waals surface area contributed by atoms with Crippen molar-refractivity contribution in [2.75, 3.05) is 24.7 Å². The fraction of sp³-hybridized carbons (Fsp3) is 0.333. The summed E-state index contributed by atoms with van der Waals surface area (Å²) in [6.07, 6.45) is 3.56. The maximum absolute atomic E-state index is 5.83. The molecule has 3 heteroatoms. The molecule has 0 aliphatic carbocycles. The van der Waals surface area contributed by atoms with Gasteiger partial charge in [-0.1, -0.05) is 48.4 Å². The average Bonchev–Trinajstić information content (AvgIpc) is 2.69. The minimum Gasteiger partial charge on any atom is -0.375 e. The van der Waals surface area contributed by atoms with Crippen LogP contribution in [0.1, 0.15) is 26.7 Å². The van der Waals surface area contributed by atoms with E-state index in [2.05, 4.69) is 32.4 Å². The Labute approximate surface area is 163 Å². The molecule has 0 amide bonds. The first-order valence-electron chi connectivity index (χ1n) is 9.34. The van der Waals surface area contributed by atoms with Gasteiger partial charge in [-0.25, -0.2) is 0 Å². The van der Waals surface area contributed by atoms with E-state index in [-0.39, 0.29) is 5.60 Å². The van der Waals surface area contributed by atoms with E-state index in [1.807, 2.05) is 71.6 Å². The lowest BCUT2D eigenvalue weighted by molar-refractivity contribution is -0.0363. The Morgan fingerprint density at radius 3 is 2.11 bits per heavy atom. The van der Waals surface area contributed by atoms with Crippen LogP contribution in [0.5, 0.6) is 0 Å². The molecular weight excluding hydrogens is 334 g/mol. The molecule has 0 aliphatic rings. The predicted octanol–water partition coefficient (Wildman–Crippen LogP) is 5.56. The van der Waals surface area contributed by atoms with E-state index in [4.69, 9.17) is 9.47 Å². The first-order chi connectivity index (χ1) is 13.1. The Morgan fingerprint density at radius 1 is 0.963 bits per heavy atom. The summed E-state index contributed by atoms with van der Waals surface area (Å²) in [6, 6.07) is 23.4. The van der Waals surface area contributed by atoms with Crippen molar-refractivity contribution in [3.63, 3.8) is 0 Å². The zero-order valence-corrected chi connectivity index (χ0v) is 16.4. The number of hydrogen-bond donors (Lipinski definition) is 0. The highest BCUT2D eigenvalue weighted by atomic mass is 16.5. The molecule has 2 aromatic rings. The van der Waals surface area contributed by atoms with Gasteiger partial charge >= 0.3 is 0 Å². The number of hydrogen-bond acceptors (Lipinski definition) is 3. The van der Waals surface area contributed by atoms with Crippen LogP contribution in [0, 0.1) is 12.0 Å². The summed E-state index contributed by atoms with van der Waals surface area (Å²) in [5.41, 5.74) is 1.87. The Hall–Kier alpha value is -2.54. The van der Waals surface area contributed by atoms with Crippen LogP contribution in [0.15, 0.2) is 73.3 Å². The Morgan fingerprint density at radius 2 is 1.56 bits per heavy atom. The van der Waals surface area contributed by atoms with E-state index >= 15 is 0 Å². The molecule has 0 aliphatic heterocycles. The Bertz CT molecular complexity index is 690. The van der Waals surface area contributed by atoms with Crippen molar-refractivity contribution < 1.29 is 9.47 Å². The van der Waals surface area contributed by atoms with Crippen molar-refractivity contribution in [2.45, 2.75) is 32.3 Å². The maximum Gasteiger partial charge on any atom is 0.109 e. The third-order valence-electron chi connectivity index (χ3n) is 4.06. The first kappa shape index (κ1) is 20.8. The van der Waals surface area contributed by atoms with Crippen LogP contribution in [0.3, 0.4) is 0 Å². The van der Waals surface area contributed by atoms with E-state index < -0.39 is 0 Å². The van der Waals surface area contributed by atoms with Crippen LogP contribution >= 0.6 is 0 Å². The lowest BCUT2D eigenvalue weighted by Crippen LogP contribution is -2.26. The third-order valence-corrected chi connectivity index (χ3v) is 4.06. The lowest BCUT2D eigenvalue weighted by Gasteiger charge is -2.24. The molecule has 0 N–H and O–H groups in total. The average molecular weight is 364 g/mol. The largest absolute Gasteiger partial charge is 0.375 e. The van der Waals surface area contributed by atoms with E-state index in [9.17, 15) is 0 Å². The minimum atomic E-state index is -0.198. The number of anilines is 2. The third kappa shape index (κ3) is 7.70. The maximum atomic E-state index is 5.83. The first-order valence-corrected chi connectivity index (χ1v) is 9.34. The van der Waals surface area contributed by atoms with Gasteiger partial charge in [-0.15, -0.1) is 6.58 Å². The molecule has 0 unspecified atom stereocenters. The molecule has 0 heterocycles. The molecule has 0 atom stereocenters. The van der Waals surface area contributed by atoms with Gasteiger partial charge in [-0.2, -0.15) is 0 Å². The van der Waals surface area contributed by atoms with Crippen molar-refractivity contribution in [3.8, 4) is 12.0 Å². The molecule has 2 rings (SSSR count). The molecule has 3 nitrogen and oxygen atoms in total. The normalized spacial score (nSPS) is 10.7. The minimum absolute atomic E-state index is 0.198. The number of benzene rings is 2. The number of ether oxygens (including phenoxy) is 2. The summed E-state index contributed by atoms with van der Waals surface area (Å²) in [7, 11) is 0. The second kappa shape index (κ2) is 11.2. The van der Waals surface area contributed by atoms with Gasteiger partial charge in [0.15, 0.2) is 0 Å². The Kier molecular flexibility index (Phi) is 8.64. The highest BCUT2D eigenvalue weighted by molar-refractivity contribution is 5.67. The summed E-state index contributed by atoms with van der Waals surface area (Å²) < 4.78 is 11.5. The van der Waals surface area contributed by atoms with Crippen LogP contribution in [-0.4, -0.2) is 25.4 Å². The second-order valence-electron chi connectivity index (χ2n) is 6.78. The van der Waals surface area contributed by atoms with Crippen molar-refractivity contribution in [2.24, 2.45) is 0 Å². The van der Waals surface area contributed by atoms with Gasteiger partial charge in [-0.05, 0) is 51.0 Å². The highest BCUT2D eigenvalue weighted by Crippen LogP contribution is 2.23. The topological polar surface area (TPSA) is 21.7 Å². The Balaban J connectivity index is 1.87. The molecule has 0 radical (unpaired) electrons. The zero-order valence-electron chi connectivity index (χ0n) is 16.4. The van der Waals surface area contributed by atoms with Crippen LogP contribution in [0.25, 0.3) is 0 Å². The molecule has 0 aromatic heterocycles. The van der Waals surface area contributed by atoms with Crippen molar-refractivity contribution in [3.05, 3.63) is 73.3 Å². The molecule has 0 spiro atoms. The molecule has 142 valence electrons. The van der Waals surface area contributed by atoms with E-state index in [1.165, 1.54) is 0 Å². The second-order valence-corrected chi connectivity index (χ2v) is 6.78. The van der Waals surface area contributed by atoms with E-state index in [0.29, 0.717) is 19.8 Å². The zero-order chi connectivity index (χ0) is 19.4. The summed E-state index contributed by atoms with van der Waals surface area (Å²) in [6.45, 7) is 9.57. The number of para-hydroxylation sites is 2. The van der Waals surface area contributed by atoms with Gasteiger partial charge in [0.2, 0.25) is 0 Å². The van der Waals surface area contributed by atoms with Crippen molar-refractivity contribution in [1.29, 1.82) is 0 Å². The quantitative estimate of drug-likeness (QED) is 0.239. The fourth-order valence-electron chi connectivity index (χ4n) is 2.48. The SMILES string of the molecule is C=CCCOC(C)(C)CCOCC#CN(c1ccccc1)c1ccccc1. The standard InChI is InChI=1S/C24H29NO2/c1-4-5-20-27-24(2,3)17-21-26-19-12-18-25(22-13-8-6-9-14-22)23-15-10-7-11-16-23/h4,6-11,13-16H,1,5,17,19-21H2,2-3H3. The van der Waals surface area contributed by atoms with E-state index in [0.717, 1.165) is 24.2 Å². The van der Waals surface area contributed by atoms with Crippen molar-refractivity contribution in [1.82, 2.24) is 0 Å². The summed E-state index contributed by atoms with van der Waals surface area (Å²) in [5.74, 6) is 3.12. The summed E-state index contributed by atoms with van der Waals surface area (Å²) in [5, 5.41) is 0. The molecule has 0 bridgehead atoms. The smallest absolute Gasteiger partial charge is 0.109 e. The lowest BCUT2D eigenvalue weighted by atomic mass is 10.1. The summed E-state index contributed by atoms with van der Waals surface area (Å²) in [4.78, 5) is 1.98. The van der Waals surface area contributed by atoms with E-state index in [1.54, 1.807) is 0 Å². The van der Waals surface area contributed by atoms with Gasteiger partial charge in [0, 0.05) is 6.04 Å². The molecule has 0 saturated heterocycles. The van der Waals surface area contributed by atoms with Crippen LogP contribution in [0.4, 0.5) is 11.4 Å². The van der Waals surface area contributed by atoms with Crippen LogP contribution in [-0.2, 0) is 9.47 Å². The van der Waals surface area contributed by atoms with Gasteiger partial charge < -0.3 is 9.47 Å². The molecule has 2 aromatic carbocycles. The molecule has 27 heavy (non-hydrogen) atoms. The van der Waals surface area contributed by atoms with Gasteiger partial charge in [0.25, 0.3) is 0 Å².